The van der Waals surface area contributed by atoms with E-state index in [1.54, 1.807) is 11.3 Å². The van der Waals surface area contributed by atoms with Crippen LogP contribution in [0.15, 0.2) is 15.9 Å². The Morgan fingerprint density at radius 1 is 1.57 bits per heavy atom. The van der Waals surface area contributed by atoms with Crippen LogP contribution in [0.4, 0.5) is 4.79 Å². The van der Waals surface area contributed by atoms with Gasteiger partial charge in [-0.2, -0.15) is 0 Å². The summed E-state index contributed by atoms with van der Waals surface area (Å²) in [6, 6.07) is 0.857. The number of carbonyl (C=O) groups is 2. The largest absolute Gasteiger partial charge is 0.480 e. The Kier molecular flexibility index (Phi) is 5.56. The van der Waals surface area contributed by atoms with Crippen molar-refractivity contribution in [2.24, 2.45) is 5.92 Å². The Balaban J connectivity index is 2.06. The molecule has 0 bridgehead atoms. The van der Waals surface area contributed by atoms with Crippen molar-refractivity contribution in [1.29, 1.82) is 0 Å². The summed E-state index contributed by atoms with van der Waals surface area (Å²) in [4.78, 5) is 26.2. The topological polar surface area (TPSA) is 69.6 Å². The van der Waals surface area contributed by atoms with Crippen LogP contribution in [0.3, 0.4) is 0 Å². The van der Waals surface area contributed by atoms with E-state index < -0.39 is 12.0 Å². The van der Waals surface area contributed by atoms with Crippen molar-refractivity contribution in [1.82, 2.24) is 10.2 Å². The lowest BCUT2D eigenvalue weighted by molar-refractivity contribution is -0.141. The maximum Gasteiger partial charge on any atom is 0.327 e. The van der Waals surface area contributed by atoms with E-state index in [0.717, 1.165) is 9.35 Å². The summed E-state index contributed by atoms with van der Waals surface area (Å²) in [5.74, 6) is -0.300. The first kappa shape index (κ1) is 16.6. The van der Waals surface area contributed by atoms with Gasteiger partial charge in [-0.1, -0.05) is 13.8 Å². The molecule has 1 aliphatic rings. The number of urea groups is 1. The summed E-state index contributed by atoms with van der Waals surface area (Å²) in [5.41, 5.74) is 0. The average Bonchev–Trinajstić information content (AvgIpc) is 3.02. The van der Waals surface area contributed by atoms with E-state index in [4.69, 9.17) is 0 Å². The van der Waals surface area contributed by atoms with Crippen molar-refractivity contribution in [2.75, 3.05) is 5.75 Å². The molecule has 2 rings (SSSR count). The van der Waals surface area contributed by atoms with Gasteiger partial charge in [0.2, 0.25) is 0 Å². The summed E-state index contributed by atoms with van der Waals surface area (Å²) in [6.45, 7) is 4.39. The van der Waals surface area contributed by atoms with E-state index in [1.165, 1.54) is 16.7 Å². The SMILES string of the molecule is CC(C)C1SCC(C(=O)O)N1C(=O)NCc1sccc1Br. The average molecular weight is 393 g/mol. The van der Waals surface area contributed by atoms with Crippen LogP contribution in [-0.2, 0) is 11.3 Å². The molecule has 0 aromatic carbocycles. The maximum absolute atomic E-state index is 12.4. The number of carboxylic acid groups (broad SMARTS) is 1. The first-order valence-electron chi connectivity index (χ1n) is 6.54. The molecule has 1 aromatic rings. The zero-order valence-electron chi connectivity index (χ0n) is 11.7. The van der Waals surface area contributed by atoms with Crippen LogP contribution < -0.4 is 5.32 Å². The number of nitrogens with one attached hydrogen (secondary N) is 1. The summed E-state index contributed by atoms with van der Waals surface area (Å²) in [6.07, 6.45) is 0. The predicted molar refractivity (Wildman–Crippen MR) is 88.6 cm³/mol. The maximum atomic E-state index is 12.4. The quantitative estimate of drug-likeness (QED) is 0.824. The van der Waals surface area contributed by atoms with Crippen molar-refractivity contribution in [2.45, 2.75) is 31.8 Å². The van der Waals surface area contributed by atoms with Gasteiger partial charge in [0, 0.05) is 15.1 Å². The Labute approximate surface area is 140 Å². The lowest BCUT2D eigenvalue weighted by Crippen LogP contribution is -2.51. The number of hydrogen-bond acceptors (Lipinski definition) is 4. The molecule has 1 saturated heterocycles. The number of halogens is 1. The predicted octanol–water partition coefficient (Wildman–Crippen LogP) is 3.20. The van der Waals surface area contributed by atoms with Gasteiger partial charge < -0.3 is 10.4 Å². The molecule has 21 heavy (non-hydrogen) atoms. The molecule has 1 fully saturated rings. The molecule has 0 spiro atoms. The smallest absolute Gasteiger partial charge is 0.327 e. The number of thioether (sulfide) groups is 1. The van der Waals surface area contributed by atoms with Crippen molar-refractivity contribution in [3.63, 3.8) is 0 Å². The summed E-state index contributed by atoms with van der Waals surface area (Å²) in [7, 11) is 0. The van der Waals surface area contributed by atoms with E-state index in [1.807, 2.05) is 25.3 Å². The minimum Gasteiger partial charge on any atom is -0.480 e. The lowest BCUT2D eigenvalue weighted by Gasteiger charge is -2.29. The molecule has 8 heteroatoms. The molecule has 0 aliphatic carbocycles. The van der Waals surface area contributed by atoms with Crippen molar-refractivity contribution in [3.05, 3.63) is 20.8 Å². The minimum absolute atomic E-state index is 0.0992. The first-order chi connectivity index (χ1) is 9.91. The van der Waals surface area contributed by atoms with Crippen molar-refractivity contribution >= 4 is 51.0 Å². The number of rotatable bonds is 4. The van der Waals surface area contributed by atoms with Gasteiger partial charge in [0.1, 0.15) is 6.04 Å². The lowest BCUT2D eigenvalue weighted by atomic mass is 10.2. The third-order valence-electron chi connectivity index (χ3n) is 3.22. The molecule has 1 aromatic heterocycles. The highest BCUT2D eigenvalue weighted by Crippen LogP contribution is 2.34. The van der Waals surface area contributed by atoms with Gasteiger partial charge >= 0.3 is 12.0 Å². The van der Waals surface area contributed by atoms with E-state index in [2.05, 4.69) is 21.2 Å². The monoisotopic (exact) mass is 392 g/mol. The van der Waals surface area contributed by atoms with Crippen LogP contribution >= 0.6 is 39.0 Å². The van der Waals surface area contributed by atoms with Gasteiger partial charge in [-0.05, 0) is 33.3 Å². The van der Waals surface area contributed by atoms with Gasteiger partial charge in [0.25, 0.3) is 0 Å². The third kappa shape index (κ3) is 3.73. The number of nitrogens with zero attached hydrogens (tertiary/aromatic N) is 1. The fraction of sp³-hybridized carbons (Fsp3) is 0.538. The molecule has 1 aliphatic heterocycles. The fourth-order valence-electron chi connectivity index (χ4n) is 2.19. The molecule has 2 N–H and O–H groups in total. The van der Waals surface area contributed by atoms with E-state index >= 15 is 0 Å². The van der Waals surface area contributed by atoms with Crippen LogP contribution in [0.2, 0.25) is 0 Å². The number of thiophene rings is 1. The molecular weight excluding hydrogens is 376 g/mol. The standard InChI is InChI=1S/C13H17BrN2O3S2/c1-7(2)11-16(9(6-21-11)12(17)18)13(19)15-5-10-8(14)3-4-20-10/h3-4,7,9,11H,5-6H2,1-2H3,(H,15,19)(H,17,18). The second-order valence-electron chi connectivity index (χ2n) is 5.08. The second-order valence-corrected chi connectivity index (χ2v) is 8.08. The van der Waals surface area contributed by atoms with E-state index in [0.29, 0.717) is 12.3 Å². The first-order valence-corrected chi connectivity index (χ1v) is 9.26. The number of carboxylic acids is 1. The molecule has 0 saturated carbocycles. The van der Waals surface area contributed by atoms with Crippen LogP contribution in [0, 0.1) is 5.92 Å². The molecule has 0 radical (unpaired) electrons. The Morgan fingerprint density at radius 2 is 2.29 bits per heavy atom. The number of amides is 2. The highest BCUT2D eigenvalue weighted by atomic mass is 79.9. The fourth-order valence-corrected chi connectivity index (χ4v) is 5.09. The van der Waals surface area contributed by atoms with Gasteiger partial charge in [0.05, 0.1) is 11.9 Å². The molecular formula is C13H17BrN2O3S2. The highest BCUT2D eigenvalue weighted by molar-refractivity contribution is 9.10. The molecule has 2 heterocycles. The van der Waals surface area contributed by atoms with Crippen LogP contribution in [-0.4, -0.2) is 39.2 Å². The third-order valence-corrected chi connectivity index (χ3v) is 6.76. The van der Waals surface area contributed by atoms with E-state index in [9.17, 15) is 14.7 Å². The summed E-state index contributed by atoms with van der Waals surface area (Å²) in [5, 5.41) is 14.0. The van der Waals surface area contributed by atoms with Crippen LogP contribution in [0.25, 0.3) is 0 Å². The summed E-state index contributed by atoms with van der Waals surface area (Å²) >= 11 is 6.49. The van der Waals surface area contributed by atoms with Crippen LogP contribution in [0.1, 0.15) is 18.7 Å². The van der Waals surface area contributed by atoms with Crippen molar-refractivity contribution < 1.29 is 14.7 Å². The summed E-state index contributed by atoms with van der Waals surface area (Å²) < 4.78 is 0.957. The Morgan fingerprint density at radius 3 is 2.81 bits per heavy atom. The minimum atomic E-state index is -0.946. The Hall–Kier alpha value is -0.730. The zero-order valence-corrected chi connectivity index (χ0v) is 14.9. The van der Waals surface area contributed by atoms with Gasteiger partial charge in [-0.25, -0.2) is 9.59 Å². The van der Waals surface area contributed by atoms with Crippen LogP contribution in [0.5, 0.6) is 0 Å². The van der Waals surface area contributed by atoms with Gasteiger partial charge in [-0.15, -0.1) is 23.1 Å². The normalized spacial score (nSPS) is 21.8. The number of carbonyl (C=O) groups excluding carboxylic acids is 1. The number of hydrogen-bond donors (Lipinski definition) is 2. The molecule has 2 atom stereocenters. The van der Waals surface area contributed by atoms with Gasteiger partial charge in [0.15, 0.2) is 0 Å². The zero-order chi connectivity index (χ0) is 15.6. The molecule has 5 nitrogen and oxygen atoms in total. The molecule has 2 amide bonds. The molecule has 116 valence electrons. The van der Waals surface area contributed by atoms with E-state index in [-0.39, 0.29) is 17.3 Å². The highest BCUT2D eigenvalue weighted by Gasteiger charge is 2.42. The molecule has 2 unspecified atom stereocenters. The number of aliphatic carboxylic acids is 1. The van der Waals surface area contributed by atoms with Gasteiger partial charge in [-0.3, -0.25) is 4.90 Å². The Bertz CT molecular complexity index is 535. The van der Waals surface area contributed by atoms with Crippen molar-refractivity contribution in [3.8, 4) is 0 Å². The second kappa shape index (κ2) is 7.02.